The molecule has 0 aliphatic carbocycles. The maximum absolute atomic E-state index is 4.48. The molecular formula is C20H16N4S. The van der Waals surface area contributed by atoms with Gasteiger partial charge in [0.2, 0.25) is 0 Å². The van der Waals surface area contributed by atoms with Crippen LogP contribution in [0.5, 0.6) is 0 Å². The Kier molecular flexibility index (Phi) is 3.38. The lowest BCUT2D eigenvalue weighted by atomic mass is 10.1. The van der Waals surface area contributed by atoms with Crippen LogP contribution in [0.25, 0.3) is 20.7 Å². The van der Waals surface area contributed by atoms with Gasteiger partial charge >= 0.3 is 0 Å². The molecule has 5 heteroatoms. The first-order valence-corrected chi connectivity index (χ1v) is 9.12. The molecule has 4 aromatic rings. The molecule has 0 amide bonds. The summed E-state index contributed by atoms with van der Waals surface area (Å²) in [5.41, 5.74) is 5.84. The van der Waals surface area contributed by atoms with Gasteiger partial charge in [-0.2, -0.15) is 0 Å². The van der Waals surface area contributed by atoms with Crippen LogP contribution >= 0.6 is 11.3 Å². The van der Waals surface area contributed by atoms with E-state index >= 15 is 0 Å². The second-order valence-electron chi connectivity index (χ2n) is 6.09. The maximum Gasteiger partial charge on any atom is 0.151 e. The van der Waals surface area contributed by atoms with Gasteiger partial charge in [-0.1, -0.05) is 30.3 Å². The van der Waals surface area contributed by atoms with E-state index < -0.39 is 0 Å². The quantitative estimate of drug-likeness (QED) is 0.545. The number of hydrogen-bond acceptors (Lipinski definition) is 5. The highest BCUT2D eigenvalue weighted by Crippen LogP contribution is 2.36. The average molecular weight is 344 g/mol. The number of aromatic nitrogens is 2. The summed E-state index contributed by atoms with van der Waals surface area (Å²) >= 11 is 1.72. The number of rotatable bonds is 3. The lowest BCUT2D eigenvalue weighted by molar-refractivity contribution is 1.11. The van der Waals surface area contributed by atoms with Crippen LogP contribution in [0.4, 0.5) is 17.2 Å². The maximum atomic E-state index is 4.48. The Bertz CT molecular complexity index is 1060. The van der Waals surface area contributed by atoms with E-state index in [2.05, 4.69) is 69.1 Å². The Morgan fingerprint density at radius 2 is 1.92 bits per heavy atom. The van der Waals surface area contributed by atoms with Crippen molar-refractivity contribution in [2.24, 2.45) is 0 Å². The molecule has 4 nitrogen and oxygen atoms in total. The molecule has 25 heavy (non-hydrogen) atoms. The summed E-state index contributed by atoms with van der Waals surface area (Å²) in [6, 6.07) is 19.0. The average Bonchev–Trinajstić information content (AvgIpc) is 3.29. The molecule has 0 atom stereocenters. The van der Waals surface area contributed by atoms with Crippen molar-refractivity contribution in [3.63, 3.8) is 0 Å². The number of nitrogens with one attached hydrogen (secondary N) is 2. The molecule has 5 rings (SSSR count). The highest BCUT2D eigenvalue weighted by Gasteiger charge is 2.13. The molecule has 1 aliphatic rings. The minimum atomic E-state index is 0.864. The molecule has 0 saturated heterocycles. The first-order chi connectivity index (χ1) is 12.4. The molecule has 0 saturated carbocycles. The van der Waals surface area contributed by atoms with Crippen molar-refractivity contribution in [3.05, 3.63) is 66.5 Å². The third-order valence-electron chi connectivity index (χ3n) is 4.45. The zero-order valence-corrected chi connectivity index (χ0v) is 14.3. The molecule has 0 fully saturated rings. The van der Waals surface area contributed by atoms with Crippen molar-refractivity contribution in [3.8, 4) is 10.4 Å². The summed E-state index contributed by atoms with van der Waals surface area (Å²) in [7, 11) is 0. The molecule has 0 bridgehead atoms. The Balaban J connectivity index is 1.54. The van der Waals surface area contributed by atoms with Crippen LogP contribution < -0.4 is 10.6 Å². The lowest BCUT2D eigenvalue weighted by Gasteiger charge is -2.08. The van der Waals surface area contributed by atoms with Crippen LogP contribution in [0.2, 0.25) is 0 Å². The fourth-order valence-electron chi connectivity index (χ4n) is 3.21. The van der Waals surface area contributed by atoms with Gasteiger partial charge in [0, 0.05) is 22.8 Å². The highest BCUT2D eigenvalue weighted by atomic mass is 32.1. The third kappa shape index (κ3) is 2.62. The number of fused-ring (bicyclic) bond motifs is 2. The molecule has 2 aromatic carbocycles. The van der Waals surface area contributed by atoms with Gasteiger partial charge in [0.05, 0.1) is 10.2 Å². The Hall–Kier alpha value is -2.92. The predicted molar refractivity (Wildman–Crippen MR) is 105 cm³/mol. The number of thiophene rings is 1. The van der Waals surface area contributed by atoms with Gasteiger partial charge in [-0.25, -0.2) is 9.97 Å². The van der Waals surface area contributed by atoms with Crippen LogP contribution in [0.15, 0.2) is 60.9 Å². The first kappa shape index (κ1) is 14.4. The van der Waals surface area contributed by atoms with Crippen molar-refractivity contribution < 1.29 is 0 Å². The van der Waals surface area contributed by atoms with Crippen molar-refractivity contribution in [1.82, 2.24) is 9.97 Å². The fraction of sp³-hybridized carbons (Fsp3) is 0.100. The number of benzene rings is 2. The van der Waals surface area contributed by atoms with Crippen molar-refractivity contribution in [2.75, 3.05) is 17.2 Å². The topological polar surface area (TPSA) is 49.8 Å². The summed E-state index contributed by atoms with van der Waals surface area (Å²) in [6.07, 6.45) is 2.70. The minimum Gasteiger partial charge on any atom is -0.384 e. The zero-order valence-electron chi connectivity index (χ0n) is 13.5. The third-order valence-corrected chi connectivity index (χ3v) is 5.63. The Morgan fingerprint density at radius 1 is 1.00 bits per heavy atom. The van der Waals surface area contributed by atoms with Crippen LogP contribution in [0.1, 0.15) is 5.56 Å². The molecule has 0 unspecified atom stereocenters. The van der Waals surface area contributed by atoms with E-state index in [1.54, 1.807) is 17.7 Å². The molecule has 2 aromatic heterocycles. The Morgan fingerprint density at radius 3 is 2.84 bits per heavy atom. The van der Waals surface area contributed by atoms with Crippen molar-refractivity contribution in [2.45, 2.75) is 6.42 Å². The van der Waals surface area contributed by atoms with Gasteiger partial charge in [-0.3, -0.25) is 0 Å². The van der Waals surface area contributed by atoms with E-state index in [4.69, 9.17) is 0 Å². The second kappa shape index (κ2) is 5.86. The first-order valence-electron chi connectivity index (χ1n) is 8.31. The monoisotopic (exact) mass is 344 g/mol. The van der Waals surface area contributed by atoms with E-state index in [1.807, 2.05) is 6.07 Å². The largest absolute Gasteiger partial charge is 0.384 e. The molecule has 1 aliphatic heterocycles. The van der Waals surface area contributed by atoms with Crippen LogP contribution in [0.3, 0.4) is 0 Å². The van der Waals surface area contributed by atoms with Gasteiger partial charge in [-0.05, 0) is 41.8 Å². The SMILES string of the molecule is c1ccc(-c2cc3ncnc(Nc4ccc5c(c4)CCN5)c3s2)cc1. The summed E-state index contributed by atoms with van der Waals surface area (Å²) in [4.78, 5) is 10.1. The van der Waals surface area contributed by atoms with E-state index in [9.17, 15) is 0 Å². The molecule has 0 spiro atoms. The molecular weight excluding hydrogens is 328 g/mol. The normalized spacial score (nSPS) is 12.8. The molecule has 3 heterocycles. The smallest absolute Gasteiger partial charge is 0.151 e. The molecule has 0 radical (unpaired) electrons. The van der Waals surface area contributed by atoms with E-state index in [-0.39, 0.29) is 0 Å². The van der Waals surface area contributed by atoms with Crippen molar-refractivity contribution >= 4 is 38.7 Å². The summed E-state index contributed by atoms with van der Waals surface area (Å²) < 4.78 is 1.08. The van der Waals surface area contributed by atoms with Gasteiger partial charge in [-0.15, -0.1) is 11.3 Å². The van der Waals surface area contributed by atoms with Gasteiger partial charge < -0.3 is 10.6 Å². The summed E-state index contributed by atoms with van der Waals surface area (Å²) in [5, 5.41) is 6.86. The van der Waals surface area contributed by atoms with E-state index in [0.29, 0.717) is 0 Å². The second-order valence-corrected chi connectivity index (χ2v) is 7.14. The van der Waals surface area contributed by atoms with Gasteiger partial charge in [0.1, 0.15) is 6.33 Å². The standard InChI is InChI=1S/C20H16N4S/c1-2-4-13(5-3-1)18-11-17-19(25-18)20(23-12-22-17)24-15-6-7-16-14(10-15)8-9-21-16/h1-7,10-12,21H,8-9H2,(H,22,23,24). The highest BCUT2D eigenvalue weighted by molar-refractivity contribution is 7.22. The lowest BCUT2D eigenvalue weighted by Crippen LogP contribution is -1.95. The molecule has 2 N–H and O–H groups in total. The number of nitrogens with zero attached hydrogens (tertiary/aromatic N) is 2. The van der Waals surface area contributed by atoms with E-state index in [0.717, 1.165) is 34.7 Å². The van der Waals surface area contributed by atoms with Crippen LogP contribution in [0, 0.1) is 0 Å². The van der Waals surface area contributed by atoms with Gasteiger partial charge in [0.15, 0.2) is 5.82 Å². The van der Waals surface area contributed by atoms with Gasteiger partial charge in [0.25, 0.3) is 0 Å². The van der Waals surface area contributed by atoms with E-state index in [1.165, 1.54) is 21.7 Å². The van der Waals surface area contributed by atoms with Crippen LogP contribution in [-0.4, -0.2) is 16.5 Å². The van der Waals surface area contributed by atoms with Crippen molar-refractivity contribution in [1.29, 1.82) is 0 Å². The van der Waals surface area contributed by atoms with Crippen LogP contribution in [-0.2, 0) is 6.42 Å². The summed E-state index contributed by atoms with van der Waals surface area (Å²) in [6.45, 7) is 1.02. The fourth-order valence-corrected chi connectivity index (χ4v) is 4.27. The Labute approximate surface area is 149 Å². The minimum absolute atomic E-state index is 0.864. The number of anilines is 3. The molecule has 122 valence electrons. The zero-order chi connectivity index (χ0) is 16.6. The summed E-state index contributed by atoms with van der Waals surface area (Å²) in [5.74, 6) is 0.864. The predicted octanol–water partition coefficient (Wildman–Crippen LogP) is 5.07. The number of hydrogen-bond donors (Lipinski definition) is 2.